The van der Waals surface area contributed by atoms with Crippen LogP contribution in [0.1, 0.15) is 16.7 Å². The van der Waals surface area contributed by atoms with E-state index in [-0.39, 0.29) is 18.1 Å². The molecule has 0 bridgehead atoms. The van der Waals surface area contributed by atoms with Crippen molar-refractivity contribution in [3.8, 4) is 23.0 Å². The fourth-order valence-corrected chi connectivity index (χ4v) is 2.84. The van der Waals surface area contributed by atoms with E-state index in [9.17, 15) is 9.67 Å². The highest BCUT2D eigenvalue weighted by Gasteiger charge is 2.19. The molecule has 2 aromatic rings. The van der Waals surface area contributed by atoms with Crippen LogP contribution in [-0.4, -0.2) is 36.2 Å². The van der Waals surface area contributed by atoms with Gasteiger partial charge in [0.1, 0.15) is 11.5 Å². The first-order chi connectivity index (χ1) is 12.8. The summed E-state index contributed by atoms with van der Waals surface area (Å²) in [4.78, 5) is 18.0. The third-order valence-electron chi connectivity index (χ3n) is 3.66. The van der Waals surface area contributed by atoms with Crippen molar-refractivity contribution < 1.29 is 38.2 Å². The van der Waals surface area contributed by atoms with Crippen LogP contribution in [0.5, 0.6) is 23.0 Å². The number of aliphatic hydroxyl groups excluding tert-OH is 1. The topological polar surface area (TPSA) is 115 Å². The molecule has 2 aromatic carbocycles. The van der Waals surface area contributed by atoms with Crippen LogP contribution < -0.4 is 18.7 Å². The van der Waals surface area contributed by atoms with Crippen molar-refractivity contribution in [2.24, 2.45) is 0 Å². The number of hydrogen-bond donors (Lipinski definition) is 3. The smallest absolute Gasteiger partial charge is 0.496 e. The second-order valence-corrected chi connectivity index (χ2v) is 6.55. The van der Waals surface area contributed by atoms with Crippen LogP contribution in [-0.2, 0) is 11.2 Å². The summed E-state index contributed by atoms with van der Waals surface area (Å²) < 4.78 is 31.4. The molecule has 0 radical (unpaired) electrons. The number of methoxy groups -OCH3 is 3. The summed E-state index contributed by atoms with van der Waals surface area (Å²) in [6.45, 7) is -0.224. The van der Waals surface area contributed by atoms with Crippen molar-refractivity contribution in [1.82, 2.24) is 0 Å². The van der Waals surface area contributed by atoms with Gasteiger partial charge in [0.2, 0.25) is 0 Å². The molecule has 3 N–H and O–H groups in total. The van der Waals surface area contributed by atoms with Crippen LogP contribution in [0.3, 0.4) is 0 Å². The second-order valence-electron chi connectivity index (χ2n) is 5.39. The van der Waals surface area contributed by atoms with Gasteiger partial charge in [-0.25, -0.2) is 4.57 Å². The minimum atomic E-state index is -4.72. The summed E-state index contributed by atoms with van der Waals surface area (Å²) in [7, 11) is -0.349. The van der Waals surface area contributed by atoms with E-state index in [1.165, 1.54) is 27.4 Å². The lowest BCUT2D eigenvalue weighted by molar-refractivity contribution is 0.265. The minimum Gasteiger partial charge on any atom is -0.496 e. The third kappa shape index (κ3) is 5.48. The van der Waals surface area contributed by atoms with Crippen molar-refractivity contribution in [2.75, 3.05) is 21.3 Å². The Morgan fingerprint density at radius 2 is 1.37 bits per heavy atom. The Kier molecular flexibility index (Phi) is 6.87. The van der Waals surface area contributed by atoms with Gasteiger partial charge in [0.25, 0.3) is 0 Å². The number of phosphoric ester groups is 1. The summed E-state index contributed by atoms with van der Waals surface area (Å²) in [6, 6.07) is 8.17. The van der Waals surface area contributed by atoms with Crippen LogP contribution in [0.15, 0.2) is 30.3 Å². The average Bonchev–Trinajstić information content (AvgIpc) is 2.64. The Morgan fingerprint density at radius 3 is 1.85 bits per heavy atom. The molecule has 146 valence electrons. The number of rotatable bonds is 8. The van der Waals surface area contributed by atoms with E-state index in [0.29, 0.717) is 22.6 Å². The van der Waals surface area contributed by atoms with E-state index in [4.69, 9.17) is 24.0 Å². The highest BCUT2D eigenvalue weighted by Crippen LogP contribution is 2.42. The first kappa shape index (κ1) is 20.8. The first-order valence-corrected chi connectivity index (χ1v) is 9.31. The molecule has 0 saturated heterocycles. The molecule has 0 atom stereocenters. The van der Waals surface area contributed by atoms with Crippen molar-refractivity contribution in [3.05, 3.63) is 47.0 Å². The van der Waals surface area contributed by atoms with Crippen molar-refractivity contribution in [3.63, 3.8) is 0 Å². The molecule has 2 rings (SSSR count). The largest absolute Gasteiger partial charge is 0.524 e. The maximum Gasteiger partial charge on any atom is 0.524 e. The monoisotopic (exact) mass is 396 g/mol. The summed E-state index contributed by atoms with van der Waals surface area (Å²) in [5.41, 5.74) is 1.91. The summed E-state index contributed by atoms with van der Waals surface area (Å²) in [5, 5.41) is 9.47. The molecule has 27 heavy (non-hydrogen) atoms. The van der Waals surface area contributed by atoms with Gasteiger partial charge < -0.3 is 23.8 Å². The standard InChI is InChI=1S/C18H21O8P/c1-23-15-7-6-12(8-18(15)26-27(20,21)22)4-5-13-9-16(24-2)14(11-19)17(10-13)25-3/h4-10,19H,11H2,1-3H3,(H2,20,21,22)/b5-4-. The van der Waals surface area contributed by atoms with Crippen molar-refractivity contribution in [1.29, 1.82) is 0 Å². The van der Waals surface area contributed by atoms with Gasteiger partial charge in [0.05, 0.1) is 33.5 Å². The Labute approximate surface area is 156 Å². The Bertz CT molecular complexity index is 847. The zero-order valence-electron chi connectivity index (χ0n) is 15.1. The highest BCUT2D eigenvalue weighted by atomic mass is 31.2. The summed E-state index contributed by atoms with van der Waals surface area (Å²) in [6.07, 6.45) is 3.48. The van der Waals surface area contributed by atoms with Crippen LogP contribution in [0, 0.1) is 0 Å². The Hall–Kier alpha value is -2.51. The van der Waals surface area contributed by atoms with E-state index < -0.39 is 7.82 Å². The van der Waals surface area contributed by atoms with E-state index >= 15 is 0 Å². The minimum absolute atomic E-state index is 0.0706. The third-order valence-corrected chi connectivity index (χ3v) is 4.10. The molecule has 0 fully saturated rings. The zero-order valence-corrected chi connectivity index (χ0v) is 16.0. The Balaban J connectivity index is 2.37. The van der Waals surface area contributed by atoms with Gasteiger partial charge in [0.15, 0.2) is 11.5 Å². The van der Waals surface area contributed by atoms with Gasteiger partial charge in [0, 0.05) is 0 Å². The van der Waals surface area contributed by atoms with Gasteiger partial charge in [-0.05, 0) is 35.4 Å². The lowest BCUT2D eigenvalue weighted by Gasteiger charge is -2.13. The van der Waals surface area contributed by atoms with Crippen molar-refractivity contribution >= 4 is 20.0 Å². The normalized spacial score (nSPS) is 11.5. The van der Waals surface area contributed by atoms with Gasteiger partial charge >= 0.3 is 7.82 Å². The fourth-order valence-electron chi connectivity index (χ4n) is 2.45. The number of ether oxygens (including phenoxy) is 3. The molecule has 0 heterocycles. The summed E-state index contributed by atoms with van der Waals surface area (Å²) in [5.74, 6) is 1.10. The molecule has 0 aliphatic carbocycles. The van der Waals surface area contributed by atoms with Crippen LogP contribution >= 0.6 is 7.82 Å². The van der Waals surface area contributed by atoms with Crippen LogP contribution in [0.4, 0.5) is 0 Å². The molecular formula is C18H21O8P. The van der Waals surface area contributed by atoms with Gasteiger partial charge in [-0.15, -0.1) is 0 Å². The average molecular weight is 396 g/mol. The predicted molar refractivity (Wildman–Crippen MR) is 100 cm³/mol. The number of benzene rings is 2. The SMILES string of the molecule is COc1ccc(/C=C\c2cc(OC)c(CO)c(OC)c2)cc1OP(=O)(O)O. The Morgan fingerprint density at radius 1 is 0.852 bits per heavy atom. The summed E-state index contributed by atoms with van der Waals surface area (Å²) >= 11 is 0. The molecule has 0 aliphatic heterocycles. The molecule has 0 aliphatic rings. The quantitative estimate of drug-likeness (QED) is 0.461. The van der Waals surface area contributed by atoms with E-state index in [2.05, 4.69) is 4.52 Å². The first-order valence-electron chi connectivity index (χ1n) is 7.78. The highest BCUT2D eigenvalue weighted by molar-refractivity contribution is 7.46. The van der Waals surface area contributed by atoms with Crippen molar-refractivity contribution in [2.45, 2.75) is 6.61 Å². The maximum absolute atomic E-state index is 11.1. The second kappa shape index (κ2) is 8.92. The lowest BCUT2D eigenvalue weighted by atomic mass is 10.1. The molecule has 9 heteroatoms. The van der Waals surface area contributed by atoms with Gasteiger partial charge in [-0.2, -0.15) is 0 Å². The van der Waals surface area contributed by atoms with Gasteiger partial charge in [-0.1, -0.05) is 18.2 Å². The van der Waals surface area contributed by atoms with Crippen LogP contribution in [0.25, 0.3) is 12.2 Å². The number of hydrogen-bond acceptors (Lipinski definition) is 6. The fraction of sp³-hybridized carbons (Fsp3) is 0.222. The number of phosphoric acid groups is 1. The maximum atomic E-state index is 11.1. The van der Waals surface area contributed by atoms with Gasteiger partial charge in [-0.3, -0.25) is 9.79 Å². The molecule has 0 aromatic heterocycles. The molecule has 0 saturated carbocycles. The number of aliphatic hydroxyl groups is 1. The van der Waals surface area contributed by atoms with E-state index in [0.717, 1.165) is 5.56 Å². The van der Waals surface area contributed by atoms with E-state index in [1.807, 2.05) is 0 Å². The molecule has 0 amide bonds. The molecule has 0 spiro atoms. The molecule has 0 unspecified atom stereocenters. The van der Waals surface area contributed by atoms with E-state index in [1.54, 1.807) is 36.4 Å². The zero-order chi connectivity index (χ0) is 20.0. The predicted octanol–water partition coefficient (Wildman–Crippen LogP) is 2.85. The molecular weight excluding hydrogens is 375 g/mol. The molecule has 8 nitrogen and oxygen atoms in total. The van der Waals surface area contributed by atoms with Crippen LogP contribution in [0.2, 0.25) is 0 Å². The lowest BCUT2D eigenvalue weighted by Crippen LogP contribution is -1.97.